The number of ketones is 2. The number of anilines is 2. The third-order valence-electron chi connectivity index (χ3n) is 3.77. The Hall–Kier alpha value is -3.42. The quantitative estimate of drug-likeness (QED) is 0.741. The summed E-state index contributed by atoms with van der Waals surface area (Å²) < 4.78 is 26.0. The maximum Gasteiger partial charge on any atom is 0.299 e. The van der Waals surface area contributed by atoms with Crippen LogP contribution in [0.2, 0.25) is 0 Å². The summed E-state index contributed by atoms with van der Waals surface area (Å²) in [6, 6.07) is 8.09. The van der Waals surface area contributed by atoms with E-state index in [2.05, 4.69) is 5.32 Å². The van der Waals surface area contributed by atoms with E-state index in [1.54, 1.807) is 0 Å². The molecule has 0 atom stereocenters. The molecule has 0 aromatic heterocycles. The highest BCUT2D eigenvalue weighted by molar-refractivity contribution is 6.52. The van der Waals surface area contributed by atoms with Gasteiger partial charge in [-0.1, -0.05) is 12.1 Å². The number of carbonyl (C=O) groups is 4. The van der Waals surface area contributed by atoms with Gasteiger partial charge in [0.25, 0.3) is 23.4 Å². The number of carbonyl (C=O) groups excluding carboxylic acids is 4. The van der Waals surface area contributed by atoms with Gasteiger partial charge in [0.05, 0.1) is 22.5 Å². The highest BCUT2D eigenvalue weighted by Crippen LogP contribution is 2.29. The molecule has 2 aliphatic heterocycles. The third-order valence-corrected chi connectivity index (χ3v) is 3.77. The second-order valence-electron chi connectivity index (χ2n) is 5.27. The molecule has 1 N–H and O–H groups in total. The van der Waals surface area contributed by atoms with E-state index in [1.807, 2.05) is 0 Å². The van der Waals surface area contributed by atoms with Crippen molar-refractivity contribution >= 4 is 34.8 Å². The Kier molecular flexibility index (Phi) is 3.88. The fourth-order valence-corrected chi connectivity index (χ4v) is 2.54. The van der Waals surface area contributed by atoms with Gasteiger partial charge in [-0.25, -0.2) is 8.78 Å². The molecule has 0 bridgehead atoms. The molecule has 0 saturated carbocycles. The minimum Gasteiger partial charge on any atom is -0.316 e. The van der Waals surface area contributed by atoms with Gasteiger partial charge in [0.1, 0.15) is 11.6 Å². The Balaban J connectivity index is 0.000000146. The van der Waals surface area contributed by atoms with Crippen LogP contribution in [-0.2, 0) is 9.59 Å². The van der Waals surface area contributed by atoms with Crippen molar-refractivity contribution in [2.24, 2.45) is 0 Å². The molecule has 2 amide bonds. The summed E-state index contributed by atoms with van der Waals surface area (Å²) in [5.41, 5.74) is 0.331. The third kappa shape index (κ3) is 2.57. The lowest BCUT2D eigenvalue weighted by Crippen LogP contribution is -2.25. The van der Waals surface area contributed by atoms with Crippen LogP contribution in [0.4, 0.5) is 20.2 Å². The van der Waals surface area contributed by atoms with Crippen molar-refractivity contribution < 1.29 is 28.0 Å². The molecular weight excluding hydrogens is 334 g/mol. The van der Waals surface area contributed by atoms with Crippen LogP contribution in [0.25, 0.3) is 0 Å². The van der Waals surface area contributed by atoms with Crippen LogP contribution in [0, 0.1) is 11.6 Å². The number of hydrogen-bond donors (Lipinski definition) is 1. The first kappa shape index (κ1) is 16.4. The van der Waals surface area contributed by atoms with Crippen molar-refractivity contribution in [3.8, 4) is 0 Å². The van der Waals surface area contributed by atoms with E-state index < -0.39 is 35.0 Å². The average molecular weight is 344 g/mol. The van der Waals surface area contributed by atoms with Crippen LogP contribution in [0.15, 0.2) is 36.4 Å². The molecule has 2 aromatic rings. The van der Waals surface area contributed by atoms with E-state index in [-0.39, 0.29) is 22.5 Å². The molecule has 2 aromatic carbocycles. The fraction of sp³-hybridized carbons (Fsp3) is 0.0588. The van der Waals surface area contributed by atoms with Gasteiger partial charge in [-0.15, -0.1) is 0 Å². The summed E-state index contributed by atoms with van der Waals surface area (Å²) in [5, 5.41) is 2.15. The normalized spacial score (nSPS) is 14.8. The predicted molar refractivity (Wildman–Crippen MR) is 83.5 cm³/mol. The second kappa shape index (κ2) is 5.90. The molecule has 25 heavy (non-hydrogen) atoms. The van der Waals surface area contributed by atoms with E-state index in [0.717, 1.165) is 4.90 Å². The van der Waals surface area contributed by atoms with Crippen LogP contribution in [0.5, 0.6) is 0 Å². The Bertz CT molecular complexity index is 956. The topological polar surface area (TPSA) is 83.6 Å². The monoisotopic (exact) mass is 344 g/mol. The number of hydrogen-bond acceptors (Lipinski definition) is 4. The summed E-state index contributed by atoms with van der Waals surface area (Å²) in [5.74, 6) is -3.89. The molecule has 2 aliphatic rings. The Morgan fingerprint density at radius 3 is 2.04 bits per heavy atom. The number of halogens is 2. The van der Waals surface area contributed by atoms with Crippen LogP contribution < -0.4 is 10.2 Å². The Labute approximate surface area is 140 Å². The van der Waals surface area contributed by atoms with Crippen molar-refractivity contribution in [1.82, 2.24) is 0 Å². The van der Waals surface area contributed by atoms with Crippen LogP contribution >= 0.6 is 0 Å². The molecule has 2 heterocycles. The van der Waals surface area contributed by atoms with E-state index in [0.29, 0.717) is 0 Å². The summed E-state index contributed by atoms with van der Waals surface area (Å²) in [6.07, 6.45) is 0. The summed E-state index contributed by atoms with van der Waals surface area (Å²) >= 11 is 0. The van der Waals surface area contributed by atoms with Crippen LogP contribution in [0.3, 0.4) is 0 Å². The first-order chi connectivity index (χ1) is 11.8. The lowest BCUT2D eigenvalue weighted by molar-refractivity contribution is -0.114. The lowest BCUT2D eigenvalue weighted by atomic mass is 10.1. The zero-order chi connectivity index (χ0) is 18.3. The van der Waals surface area contributed by atoms with Crippen molar-refractivity contribution in [2.45, 2.75) is 0 Å². The standard InChI is InChI=1S/C9H6FNO2.C8H4FNO2/c1-11-7-5(8(12)9(11)13)3-2-4-6(7)10;9-5-3-1-2-4-6(5)10-8(12)7(4)11/h2-4H,1H3;1-3H,(H,10,11,12). The molecule has 0 unspecified atom stereocenters. The maximum atomic E-state index is 13.1. The SMILES string of the molecule is CN1C(=O)C(=O)c2cccc(F)c21.O=C1Nc2c(F)cccc2C1=O. The molecule has 0 spiro atoms. The van der Waals surface area contributed by atoms with E-state index >= 15 is 0 Å². The smallest absolute Gasteiger partial charge is 0.299 e. The van der Waals surface area contributed by atoms with Crippen molar-refractivity contribution in [2.75, 3.05) is 17.3 Å². The Morgan fingerprint density at radius 2 is 1.44 bits per heavy atom. The lowest BCUT2D eigenvalue weighted by Gasteiger charge is -2.08. The molecule has 0 aliphatic carbocycles. The number of nitrogens with zero attached hydrogens (tertiary/aromatic N) is 1. The molecule has 0 radical (unpaired) electrons. The second-order valence-corrected chi connectivity index (χ2v) is 5.27. The van der Waals surface area contributed by atoms with E-state index in [4.69, 9.17) is 0 Å². The number of benzene rings is 2. The number of likely N-dealkylation sites (N-methyl/N-ethyl adjacent to an activating group) is 1. The number of rotatable bonds is 0. The van der Waals surface area contributed by atoms with Gasteiger partial charge in [0.2, 0.25) is 0 Å². The Morgan fingerprint density at radius 1 is 0.840 bits per heavy atom. The van der Waals surface area contributed by atoms with Gasteiger partial charge < -0.3 is 10.2 Å². The molecular formula is C17H10F2N2O4. The van der Waals surface area contributed by atoms with Gasteiger partial charge in [-0.05, 0) is 24.3 Å². The molecule has 126 valence electrons. The molecule has 8 heteroatoms. The van der Waals surface area contributed by atoms with Gasteiger partial charge >= 0.3 is 0 Å². The highest BCUT2D eigenvalue weighted by atomic mass is 19.1. The van der Waals surface area contributed by atoms with Crippen molar-refractivity contribution in [3.63, 3.8) is 0 Å². The fourth-order valence-electron chi connectivity index (χ4n) is 2.54. The van der Waals surface area contributed by atoms with Crippen molar-refractivity contribution in [1.29, 1.82) is 0 Å². The van der Waals surface area contributed by atoms with Crippen molar-refractivity contribution in [3.05, 3.63) is 59.2 Å². The highest BCUT2D eigenvalue weighted by Gasteiger charge is 2.35. The minimum absolute atomic E-state index is 0.00694. The zero-order valence-corrected chi connectivity index (χ0v) is 12.8. The van der Waals surface area contributed by atoms with Crippen LogP contribution in [0.1, 0.15) is 20.7 Å². The minimum atomic E-state index is -0.768. The average Bonchev–Trinajstić information content (AvgIpc) is 3.00. The first-order valence-corrected chi connectivity index (χ1v) is 7.08. The van der Waals surface area contributed by atoms with Crippen LogP contribution in [-0.4, -0.2) is 30.4 Å². The van der Waals surface area contributed by atoms with Gasteiger partial charge in [0.15, 0.2) is 0 Å². The number of nitrogens with one attached hydrogen (secondary N) is 1. The number of fused-ring (bicyclic) bond motifs is 2. The largest absolute Gasteiger partial charge is 0.316 e. The molecule has 6 nitrogen and oxygen atoms in total. The number of para-hydroxylation sites is 2. The predicted octanol–water partition coefficient (Wildman–Crippen LogP) is 1.95. The van der Waals surface area contributed by atoms with E-state index in [9.17, 15) is 28.0 Å². The molecule has 4 rings (SSSR count). The molecule has 0 saturated heterocycles. The summed E-state index contributed by atoms with van der Waals surface area (Å²) in [6.45, 7) is 0. The first-order valence-electron chi connectivity index (χ1n) is 7.08. The number of amides is 2. The zero-order valence-electron chi connectivity index (χ0n) is 12.8. The number of Topliss-reactive ketones (excluding diaryl/α,β-unsaturated/α-hetero) is 2. The summed E-state index contributed by atoms with van der Waals surface area (Å²) in [7, 11) is 1.38. The summed E-state index contributed by atoms with van der Waals surface area (Å²) in [4.78, 5) is 45.1. The van der Waals surface area contributed by atoms with Gasteiger partial charge in [0, 0.05) is 7.05 Å². The van der Waals surface area contributed by atoms with Gasteiger partial charge in [-0.3, -0.25) is 19.2 Å². The van der Waals surface area contributed by atoms with Gasteiger partial charge in [-0.2, -0.15) is 0 Å². The van der Waals surface area contributed by atoms with E-state index in [1.165, 1.54) is 43.4 Å². The molecule has 0 fully saturated rings. The maximum absolute atomic E-state index is 13.1.